The van der Waals surface area contributed by atoms with Crippen molar-refractivity contribution in [2.45, 2.75) is 6.92 Å². The van der Waals surface area contributed by atoms with Crippen LogP contribution >= 0.6 is 11.3 Å². The number of hydrogen-bond donors (Lipinski definition) is 1. The molecule has 0 aliphatic rings. The molecular weight excluding hydrogens is 156 g/mol. The van der Waals surface area contributed by atoms with Crippen molar-refractivity contribution in [2.75, 3.05) is 5.73 Å². The summed E-state index contributed by atoms with van der Waals surface area (Å²) in [5, 5.41) is 3.27. The fourth-order valence-electron chi connectivity index (χ4n) is 1.05. The third-order valence-corrected chi connectivity index (χ3v) is 2.66. The second-order valence-electron chi connectivity index (χ2n) is 2.54. The average Bonchev–Trinajstić information content (AvgIpc) is 2.33. The van der Waals surface area contributed by atoms with Gasteiger partial charge in [-0.05, 0) is 23.9 Å². The van der Waals surface area contributed by atoms with E-state index in [2.05, 4.69) is 17.3 Å². The molecule has 2 rings (SSSR count). The zero-order chi connectivity index (χ0) is 7.84. The molecule has 56 valence electrons. The van der Waals surface area contributed by atoms with Gasteiger partial charge in [0, 0.05) is 5.39 Å². The number of nitrogens with two attached hydrogens (primary N) is 1. The lowest BCUT2D eigenvalue weighted by Crippen LogP contribution is -1.84. The summed E-state index contributed by atoms with van der Waals surface area (Å²) in [6, 6.07) is 1.97. The summed E-state index contributed by atoms with van der Waals surface area (Å²) >= 11 is 1.66. The normalized spacial score (nSPS) is 10.6. The summed E-state index contributed by atoms with van der Waals surface area (Å²) in [6.07, 6.45) is 1.69. The molecule has 0 aromatic carbocycles. The van der Waals surface area contributed by atoms with Gasteiger partial charge < -0.3 is 5.73 Å². The molecular formula is C8H8N2S. The van der Waals surface area contributed by atoms with Gasteiger partial charge in [-0.25, -0.2) is 4.98 Å². The maximum absolute atomic E-state index is 5.59. The highest BCUT2D eigenvalue weighted by molar-refractivity contribution is 7.16. The van der Waals surface area contributed by atoms with E-state index in [0.29, 0.717) is 0 Å². The maximum Gasteiger partial charge on any atom is 0.123 e. The number of nitrogens with zero attached hydrogens (tertiary/aromatic N) is 1. The zero-order valence-electron chi connectivity index (χ0n) is 6.16. The second kappa shape index (κ2) is 2.20. The Morgan fingerprint density at radius 2 is 2.36 bits per heavy atom. The SMILES string of the molecule is Cc1csc2ncc(N)cc12. The van der Waals surface area contributed by atoms with E-state index in [1.807, 2.05) is 6.07 Å². The highest BCUT2D eigenvalue weighted by atomic mass is 32.1. The first-order valence-corrected chi connectivity index (χ1v) is 4.24. The molecule has 0 atom stereocenters. The summed E-state index contributed by atoms with van der Waals surface area (Å²) in [5.74, 6) is 0. The molecule has 0 saturated heterocycles. The van der Waals surface area contributed by atoms with Crippen molar-refractivity contribution in [1.29, 1.82) is 0 Å². The molecule has 2 nitrogen and oxygen atoms in total. The van der Waals surface area contributed by atoms with Gasteiger partial charge in [0.2, 0.25) is 0 Å². The highest BCUT2D eigenvalue weighted by Gasteiger charge is 1.99. The monoisotopic (exact) mass is 164 g/mol. The first-order valence-electron chi connectivity index (χ1n) is 3.37. The number of pyridine rings is 1. The standard InChI is InChI=1S/C8H8N2S/c1-5-4-11-8-7(5)2-6(9)3-10-8/h2-4H,9H2,1H3. The van der Waals surface area contributed by atoms with Crippen molar-refractivity contribution in [3.8, 4) is 0 Å². The number of hydrogen-bond acceptors (Lipinski definition) is 3. The number of aromatic nitrogens is 1. The summed E-state index contributed by atoms with van der Waals surface area (Å²) < 4.78 is 0. The van der Waals surface area contributed by atoms with Crippen LogP contribution in [0.25, 0.3) is 10.2 Å². The van der Waals surface area contributed by atoms with Gasteiger partial charge in [-0.3, -0.25) is 0 Å². The number of nitrogen functional groups attached to an aromatic ring is 1. The number of rotatable bonds is 0. The minimum Gasteiger partial charge on any atom is -0.397 e. The predicted molar refractivity (Wildman–Crippen MR) is 48.8 cm³/mol. The van der Waals surface area contributed by atoms with E-state index in [1.54, 1.807) is 17.5 Å². The zero-order valence-corrected chi connectivity index (χ0v) is 6.98. The molecule has 0 amide bonds. The summed E-state index contributed by atoms with van der Waals surface area (Å²) in [4.78, 5) is 5.26. The van der Waals surface area contributed by atoms with Gasteiger partial charge in [-0.2, -0.15) is 0 Å². The molecule has 2 heterocycles. The van der Waals surface area contributed by atoms with Gasteiger partial charge in [0.15, 0.2) is 0 Å². The molecule has 11 heavy (non-hydrogen) atoms. The third-order valence-electron chi connectivity index (χ3n) is 1.64. The largest absolute Gasteiger partial charge is 0.397 e. The maximum atomic E-state index is 5.59. The molecule has 0 aliphatic carbocycles. The molecule has 2 aromatic rings. The highest BCUT2D eigenvalue weighted by Crippen LogP contribution is 2.24. The van der Waals surface area contributed by atoms with Gasteiger partial charge in [0.25, 0.3) is 0 Å². The van der Waals surface area contributed by atoms with Gasteiger partial charge in [-0.1, -0.05) is 0 Å². The van der Waals surface area contributed by atoms with Gasteiger partial charge in [0.05, 0.1) is 11.9 Å². The van der Waals surface area contributed by atoms with Crippen LogP contribution in [0.1, 0.15) is 5.56 Å². The quantitative estimate of drug-likeness (QED) is 0.648. The Morgan fingerprint density at radius 3 is 3.18 bits per heavy atom. The smallest absolute Gasteiger partial charge is 0.123 e. The summed E-state index contributed by atoms with van der Waals surface area (Å²) in [6.45, 7) is 2.07. The van der Waals surface area contributed by atoms with E-state index >= 15 is 0 Å². The lowest BCUT2D eigenvalue weighted by molar-refractivity contribution is 1.44. The molecule has 2 aromatic heterocycles. The Balaban J connectivity index is 2.87. The van der Waals surface area contributed by atoms with Gasteiger partial charge >= 0.3 is 0 Å². The molecule has 0 aliphatic heterocycles. The van der Waals surface area contributed by atoms with Crippen molar-refractivity contribution in [1.82, 2.24) is 4.98 Å². The van der Waals surface area contributed by atoms with E-state index < -0.39 is 0 Å². The molecule has 0 bridgehead atoms. The Morgan fingerprint density at radius 1 is 1.55 bits per heavy atom. The van der Waals surface area contributed by atoms with Crippen molar-refractivity contribution >= 4 is 27.2 Å². The van der Waals surface area contributed by atoms with Crippen molar-refractivity contribution < 1.29 is 0 Å². The minimum absolute atomic E-state index is 0.735. The first-order chi connectivity index (χ1) is 5.27. The Hall–Kier alpha value is -1.09. The van der Waals surface area contributed by atoms with Crippen LogP contribution in [0.5, 0.6) is 0 Å². The van der Waals surface area contributed by atoms with Crippen LogP contribution in [0, 0.1) is 6.92 Å². The summed E-state index contributed by atoms with van der Waals surface area (Å²) in [5.41, 5.74) is 7.58. The third kappa shape index (κ3) is 0.973. The van der Waals surface area contributed by atoms with Crippen LogP contribution in [0.3, 0.4) is 0 Å². The van der Waals surface area contributed by atoms with Crippen LogP contribution in [-0.2, 0) is 0 Å². The van der Waals surface area contributed by atoms with E-state index in [4.69, 9.17) is 5.73 Å². The van der Waals surface area contributed by atoms with Crippen LogP contribution in [-0.4, -0.2) is 4.98 Å². The van der Waals surface area contributed by atoms with E-state index in [-0.39, 0.29) is 0 Å². The van der Waals surface area contributed by atoms with Crippen LogP contribution < -0.4 is 5.73 Å². The number of anilines is 1. The fraction of sp³-hybridized carbons (Fsp3) is 0.125. The Kier molecular flexibility index (Phi) is 1.32. The van der Waals surface area contributed by atoms with Gasteiger partial charge in [-0.15, -0.1) is 11.3 Å². The lowest BCUT2D eigenvalue weighted by atomic mass is 10.2. The molecule has 0 unspecified atom stereocenters. The van der Waals surface area contributed by atoms with E-state index in [0.717, 1.165) is 10.5 Å². The van der Waals surface area contributed by atoms with Crippen molar-refractivity contribution in [3.05, 3.63) is 23.2 Å². The second-order valence-corrected chi connectivity index (χ2v) is 3.40. The minimum atomic E-state index is 0.735. The first kappa shape index (κ1) is 6.61. The van der Waals surface area contributed by atoms with Crippen LogP contribution in [0.4, 0.5) is 5.69 Å². The lowest BCUT2D eigenvalue weighted by Gasteiger charge is -1.92. The molecule has 0 fully saturated rings. The molecule has 0 spiro atoms. The number of aryl methyl sites for hydroxylation is 1. The average molecular weight is 164 g/mol. The molecule has 0 radical (unpaired) electrons. The van der Waals surface area contributed by atoms with E-state index in [1.165, 1.54) is 10.9 Å². The van der Waals surface area contributed by atoms with Gasteiger partial charge in [0.1, 0.15) is 4.83 Å². The fourth-order valence-corrected chi connectivity index (χ4v) is 1.93. The Bertz CT molecular complexity index is 392. The number of thiophene rings is 1. The van der Waals surface area contributed by atoms with Crippen LogP contribution in [0.15, 0.2) is 17.6 Å². The molecule has 0 saturated carbocycles. The predicted octanol–water partition coefficient (Wildman–Crippen LogP) is 2.19. The van der Waals surface area contributed by atoms with Crippen LogP contribution in [0.2, 0.25) is 0 Å². The van der Waals surface area contributed by atoms with Crippen molar-refractivity contribution in [2.24, 2.45) is 0 Å². The molecule has 3 heteroatoms. The topological polar surface area (TPSA) is 38.9 Å². The van der Waals surface area contributed by atoms with Crippen molar-refractivity contribution in [3.63, 3.8) is 0 Å². The Labute approximate surface area is 68.7 Å². The van der Waals surface area contributed by atoms with E-state index in [9.17, 15) is 0 Å². The molecule has 2 N–H and O–H groups in total. The summed E-state index contributed by atoms with van der Waals surface area (Å²) in [7, 11) is 0. The number of fused-ring (bicyclic) bond motifs is 1.